The number of nitrogens with one attached hydrogen (secondary N) is 1. The lowest BCUT2D eigenvalue weighted by molar-refractivity contribution is 0.132. The third-order valence-electron chi connectivity index (χ3n) is 3.89. The van der Waals surface area contributed by atoms with Crippen LogP contribution in [0, 0.1) is 16.7 Å². The van der Waals surface area contributed by atoms with E-state index in [1.54, 1.807) is 0 Å². The van der Waals surface area contributed by atoms with E-state index in [-0.39, 0.29) is 5.41 Å². The molecule has 3 N–H and O–H groups in total. The van der Waals surface area contributed by atoms with Gasteiger partial charge in [0.05, 0.1) is 0 Å². The Hall–Kier alpha value is 0.310. The Morgan fingerprint density at radius 1 is 1.29 bits per heavy atom. The highest BCUT2D eigenvalue weighted by atomic mass is 31.0. The molecule has 0 bridgehead atoms. The third-order valence-corrected chi connectivity index (χ3v) is 4.29. The van der Waals surface area contributed by atoms with Crippen molar-refractivity contribution in [1.82, 2.24) is 10.1 Å². The molecular formula is C13H30N3P. The molecule has 4 heteroatoms. The first-order valence-electron chi connectivity index (χ1n) is 6.62. The van der Waals surface area contributed by atoms with Gasteiger partial charge in [0.2, 0.25) is 0 Å². The van der Waals surface area contributed by atoms with E-state index in [1.807, 2.05) is 0 Å². The van der Waals surface area contributed by atoms with Crippen LogP contribution in [0.5, 0.6) is 0 Å². The zero-order chi connectivity index (χ0) is 13.3. The summed E-state index contributed by atoms with van der Waals surface area (Å²) in [5.74, 6) is 6.44. The Balaban J connectivity index is 2.92. The first-order valence-corrected chi connectivity index (χ1v) is 7.14. The van der Waals surface area contributed by atoms with Crippen LogP contribution in [0.4, 0.5) is 0 Å². The summed E-state index contributed by atoms with van der Waals surface area (Å²) in [4.78, 5) is 0. The zero-order valence-corrected chi connectivity index (χ0v) is 13.2. The molecule has 1 aliphatic rings. The van der Waals surface area contributed by atoms with Gasteiger partial charge < -0.3 is 0 Å². The minimum atomic E-state index is 0.238. The van der Waals surface area contributed by atoms with E-state index in [4.69, 9.17) is 5.84 Å². The van der Waals surface area contributed by atoms with E-state index in [1.165, 1.54) is 6.42 Å². The van der Waals surface area contributed by atoms with Gasteiger partial charge in [0, 0.05) is 19.1 Å². The largest absolute Gasteiger partial charge is 0.287 e. The maximum Gasteiger partial charge on any atom is 0.0264 e. The molecule has 1 aliphatic heterocycles. The summed E-state index contributed by atoms with van der Waals surface area (Å²) in [6, 6.07) is 0.397. The maximum atomic E-state index is 5.77. The van der Waals surface area contributed by atoms with Crippen molar-refractivity contribution in [2.45, 2.75) is 53.5 Å². The molecule has 0 radical (unpaired) electrons. The van der Waals surface area contributed by atoms with E-state index in [2.05, 4.69) is 54.1 Å². The topological polar surface area (TPSA) is 41.3 Å². The molecule has 3 atom stereocenters. The summed E-state index contributed by atoms with van der Waals surface area (Å²) >= 11 is 0. The van der Waals surface area contributed by atoms with Crippen LogP contribution in [0.2, 0.25) is 0 Å². The van der Waals surface area contributed by atoms with Crippen LogP contribution in [0.25, 0.3) is 0 Å². The van der Waals surface area contributed by atoms with E-state index in [0.717, 1.165) is 19.5 Å². The fourth-order valence-corrected chi connectivity index (χ4v) is 4.37. The van der Waals surface area contributed by atoms with E-state index < -0.39 is 0 Å². The normalized spacial score (nSPS) is 34.8. The van der Waals surface area contributed by atoms with Gasteiger partial charge in [0.25, 0.3) is 0 Å². The third kappa shape index (κ3) is 4.48. The molecule has 0 aromatic rings. The van der Waals surface area contributed by atoms with Crippen molar-refractivity contribution in [2.24, 2.45) is 22.6 Å². The van der Waals surface area contributed by atoms with Crippen molar-refractivity contribution in [2.75, 3.05) is 13.1 Å². The van der Waals surface area contributed by atoms with Crippen molar-refractivity contribution in [1.29, 1.82) is 0 Å². The molecule has 1 saturated heterocycles. The van der Waals surface area contributed by atoms with Crippen molar-refractivity contribution in [3.05, 3.63) is 0 Å². The van der Waals surface area contributed by atoms with Gasteiger partial charge in [-0.1, -0.05) is 44.0 Å². The van der Waals surface area contributed by atoms with E-state index >= 15 is 0 Å². The predicted molar refractivity (Wildman–Crippen MR) is 78.4 cm³/mol. The van der Waals surface area contributed by atoms with Crippen molar-refractivity contribution >= 4 is 9.39 Å². The number of hydrogen-bond acceptors (Lipinski definition) is 3. The highest BCUT2D eigenvalue weighted by Gasteiger charge is 2.37. The molecule has 17 heavy (non-hydrogen) atoms. The van der Waals surface area contributed by atoms with Gasteiger partial charge in [-0.3, -0.25) is 15.9 Å². The Morgan fingerprint density at radius 2 is 1.88 bits per heavy atom. The second-order valence-electron chi connectivity index (χ2n) is 7.32. The fourth-order valence-electron chi connectivity index (χ4n) is 3.52. The molecule has 0 saturated carbocycles. The van der Waals surface area contributed by atoms with Crippen LogP contribution in [-0.4, -0.2) is 23.8 Å². The molecule has 1 heterocycles. The quantitative estimate of drug-likeness (QED) is 0.431. The Kier molecular flexibility index (Phi) is 4.99. The van der Waals surface area contributed by atoms with Crippen LogP contribution in [0.1, 0.15) is 47.5 Å². The Labute approximate surface area is 109 Å². The molecule has 3 nitrogen and oxygen atoms in total. The first-order chi connectivity index (χ1) is 7.66. The summed E-state index contributed by atoms with van der Waals surface area (Å²) in [7, 11) is 2.88. The van der Waals surface area contributed by atoms with Gasteiger partial charge in [-0.05, 0) is 29.6 Å². The summed E-state index contributed by atoms with van der Waals surface area (Å²) in [5.41, 5.74) is 3.61. The van der Waals surface area contributed by atoms with Crippen LogP contribution in [0.3, 0.4) is 0 Å². The lowest BCUT2D eigenvalue weighted by atomic mass is 9.70. The molecule has 0 amide bonds. The molecule has 102 valence electrons. The second kappa shape index (κ2) is 5.52. The SMILES string of the molecule is CC1CC(NN)C(C)(C)CC(C)(C)CN(P)C1. The molecule has 1 rings (SSSR count). The Bertz CT molecular complexity index is 253. The lowest BCUT2D eigenvalue weighted by Gasteiger charge is -2.40. The molecule has 0 aromatic heterocycles. The van der Waals surface area contributed by atoms with Crippen LogP contribution in [0.15, 0.2) is 0 Å². The monoisotopic (exact) mass is 259 g/mol. The van der Waals surface area contributed by atoms with Crippen molar-refractivity contribution in [3.63, 3.8) is 0 Å². The highest BCUT2D eigenvalue weighted by molar-refractivity contribution is 7.13. The number of nitrogens with zero attached hydrogens (tertiary/aromatic N) is 1. The van der Waals surface area contributed by atoms with E-state index in [9.17, 15) is 0 Å². The molecule has 0 spiro atoms. The number of hydrazine groups is 1. The minimum absolute atomic E-state index is 0.238. The minimum Gasteiger partial charge on any atom is -0.287 e. The van der Waals surface area contributed by atoms with Gasteiger partial charge in [0.1, 0.15) is 0 Å². The average molecular weight is 259 g/mol. The first kappa shape index (κ1) is 15.4. The van der Waals surface area contributed by atoms with Crippen LogP contribution < -0.4 is 11.3 Å². The van der Waals surface area contributed by atoms with E-state index in [0.29, 0.717) is 17.4 Å². The summed E-state index contributed by atoms with van der Waals surface area (Å²) in [6.45, 7) is 14.0. The smallest absolute Gasteiger partial charge is 0.0264 e. The molecule has 3 unspecified atom stereocenters. The highest BCUT2D eigenvalue weighted by Crippen LogP contribution is 2.40. The van der Waals surface area contributed by atoms with Crippen LogP contribution in [-0.2, 0) is 0 Å². The average Bonchev–Trinajstić information content (AvgIpc) is 2.11. The van der Waals surface area contributed by atoms with Gasteiger partial charge in [-0.15, -0.1) is 0 Å². The van der Waals surface area contributed by atoms with Gasteiger partial charge in [0.15, 0.2) is 0 Å². The molecular weight excluding hydrogens is 229 g/mol. The predicted octanol–water partition coefficient (Wildman–Crippen LogP) is 2.39. The summed E-state index contributed by atoms with van der Waals surface area (Å²) < 4.78 is 2.39. The van der Waals surface area contributed by atoms with Gasteiger partial charge >= 0.3 is 0 Å². The number of rotatable bonds is 1. The summed E-state index contributed by atoms with van der Waals surface area (Å²) in [6.07, 6.45) is 2.33. The maximum absolute atomic E-state index is 5.77. The number of nitrogens with two attached hydrogens (primary N) is 1. The molecule has 0 aliphatic carbocycles. The Morgan fingerprint density at radius 3 is 2.41 bits per heavy atom. The standard InChI is InChI=1S/C13H30N3P/c1-10-6-11(15-14)13(4,5)8-12(2,3)9-16(17)7-10/h10-11,15H,6-9,14,17H2,1-5H3. The second-order valence-corrected chi connectivity index (χ2v) is 8.05. The molecule has 1 fully saturated rings. The summed E-state index contributed by atoms with van der Waals surface area (Å²) in [5, 5.41) is 0. The van der Waals surface area contributed by atoms with Gasteiger partial charge in [-0.2, -0.15) is 0 Å². The fraction of sp³-hybridized carbons (Fsp3) is 1.00. The van der Waals surface area contributed by atoms with Crippen molar-refractivity contribution in [3.8, 4) is 0 Å². The van der Waals surface area contributed by atoms with Crippen LogP contribution >= 0.6 is 9.39 Å². The zero-order valence-electron chi connectivity index (χ0n) is 12.1. The molecule has 0 aromatic carbocycles. The van der Waals surface area contributed by atoms with Crippen molar-refractivity contribution < 1.29 is 0 Å². The lowest BCUT2D eigenvalue weighted by Crippen LogP contribution is -2.48. The van der Waals surface area contributed by atoms with Gasteiger partial charge in [-0.25, -0.2) is 0 Å². The number of hydrogen-bond donors (Lipinski definition) is 2.